The van der Waals surface area contributed by atoms with E-state index >= 15 is 0 Å². The lowest BCUT2D eigenvalue weighted by molar-refractivity contribution is 0.303. The average molecular weight is 382 g/mol. The van der Waals surface area contributed by atoms with Crippen molar-refractivity contribution in [1.82, 2.24) is 24.2 Å². The smallest absolute Gasteiger partial charge is 0.280 e. The van der Waals surface area contributed by atoms with Gasteiger partial charge in [0, 0.05) is 31.0 Å². The summed E-state index contributed by atoms with van der Waals surface area (Å²) in [5.41, 5.74) is 0.714. The number of rotatable bonds is 10. The molecule has 0 aromatic carbocycles. The summed E-state index contributed by atoms with van der Waals surface area (Å²) in [6, 6.07) is 3.00. The molecule has 1 N–H and O–H groups in total. The quantitative estimate of drug-likeness (QED) is 0.679. The lowest BCUT2D eigenvalue weighted by atomic mass is 10.1. The van der Waals surface area contributed by atoms with Crippen molar-refractivity contribution in [2.75, 3.05) is 13.1 Å². The molecule has 0 aliphatic rings. The normalized spacial score (nSPS) is 13.5. The molecule has 0 saturated heterocycles. The highest BCUT2D eigenvalue weighted by Crippen LogP contribution is 2.24. The fraction of sp³-hybridized carbons (Fsp3) is 0.588. The second-order valence-electron chi connectivity index (χ2n) is 6.44. The molecule has 0 amide bonds. The Morgan fingerprint density at radius 2 is 1.92 bits per heavy atom. The molecule has 2 aromatic rings. The molecule has 0 spiro atoms. The minimum absolute atomic E-state index is 0.0583. The zero-order chi connectivity index (χ0) is 19.2. The van der Waals surface area contributed by atoms with Gasteiger partial charge < -0.3 is 4.52 Å². The van der Waals surface area contributed by atoms with Crippen LogP contribution in [0.2, 0.25) is 0 Å². The van der Waals surface area contributed by atoms with Gasteiger partial charge in [0.25, 0.3) is 10.2 Å². The summed E-state index contributed by atoms with van der Waals surface area (Å²) in [6.07, 6.45) is 4.79. The molecule has 0 bridgehead atoms. The van der Waals surface area contributed by atoms with E-state index in [-0.39, 0.29) is 11.8 Å². The Bertz CT molecular complexity index is 771. The summed E-state index contributed by atoms with van der Waals surface area (Å²) in [4.78, 5) is 8.41. The fourth-order valence-electron chi connectivity index (χ4n) is 2.53. The molecule has 0 aliphatic carbocycles. The topological polar surface area (TPSA) is 101 Å². The van der Waals surface area contributed by atoms with E-state index in [0.29, 0.717) is 24.5 Å². The van der Waals surface area contributed by atoms with Gasteiger partial charge in [-0.15, -0.1) is 0 Å². The van der Waals surface area contributed by atoms with Crippen LogP contribution in [-0.4, -0.2) is 40.9 Å². The van der Waals surface area contributed by atoms with Gasteiger partial charge in [-0.05, 0) is 30.9 Å². The molecule has 2 rings (SSSR count). The van der Waals surface area contributed by atoms with Crippen molar-refractivity contribution in [3.05, 3.63) is 30.4 Å². The zero-order valence-corrected chi connectivity index (χ0v) is 16.5. The Labute approximate surface area is 155 Å². The third-order valence-electron chi connectivity index (χ3n) is 3.86. The fourth-order valence-corrected chi connectivity index (χ4v) is 4.22. The van der Waals surface area contributed by atoms with Gasteiger partial charge in [0.1, 0.15) is 6.04 Å². The summed E-state index contributed by atoms with van der Waals surface area (Å²) in [7, 11) is -3.65. The number of hydrogen-bond donors (Lipinski definition) is 1. The Hall–Kier alpha value is -1.84. The molecule has 0 fully saturated rings. The standard InChI is InChI=1S/C17H27N5O3S/c1-5-10-22(11-6-2)26(23,24)21-15(13(3)4)17-19-16(20-25-17)14-8-7-9-18-12-14/h7-9,12-13,15,21H,5-6,10-11H2,1-4H3. The number of hydrogen-bond acceptors (Lipinski definition) is 6. The predicted octanol–water partition coefficient (Wildman–Crippen LogP) is 2.79. The highest BCUT2D eigenvalue weighted by molar-refractivity contribution is 7.87. The maximum atomic E-state index is 12.8. The summed E-state index contributed by atoms with van der Waals surface area (Å²) in [5.74, 6) is 0.573. The largest absolute Gasteiger partial charge is 0.337 e. The molecule has 2 aromatic heterocycles. The first kappa shape index (κ1) is 20.5. The molecule has 2 heterocycles. The Balaban J connectivity index is 2.25. The minimum Gasteiger partial charge on any atom is -0.337 e. The van der Waals surface area contributed by atoms with Crippen molar-refractivity contribution in [2.45, 2.75) is 46.6 Å². The van der Waals surface area contributed by atoms with Crippen molar-refractivity contribution in [3.63, 3.8) is 0 Å². The van der Waals surface area contributed by atoms with Crippen molar-refractivity contribution in [3.8, 4) is 11.4 Å². The van der Waals surface area contributed by atoms with Crippen molar-refractivity contribution >= 4 is 10.2 Å². The summed E-state index contributed by atoms with van der Waals surface area (Å²) in [6.45, 7) is 8.67. The molecular weight excluding hydrogens is 354 g/mol. The van der Waals surface area contributed by atoms with Gasteiger partial charge >= 0.3 is 0 Å². The third kappa shape index (κ3) is 5.09. The van der Waals surface area contributed by atoms with Gasteiger partial charge in [-0.3, -0.25) is 4.98 Å². The number of nitrogens with zero attached hydrogens (tertiary/aromatic N) is 4. The molecule has 8 nitrogen and oxygen atoms in total. The van der Waals surface area contributed by atoms with Gasteiger partial charge in [-0.1, -0.05) is 32.9 Å². The molecule has 0 radical (unpaired) electrons. The van der Waals surface area contributed by atoms with Crippen LogP contribution in [0.4, 0.5) is 0 Å². The van der Waals surface area contributed by atoms with E-state index in [9.17, 15) is 8.42 Å². The van der Waals surface area contributed by atoms with Crippen LogP contribution in [0, 0.1) is 5.92 Å². The van der Waals surface area contributed by atoms with Crippen LogP contribution < -0.4 is 4.72 Å². The molecule has 144 valence electrons. The molecular formula is C17H27N5O3S. The highest BCUT2D eigenvalue weighted by Gasteiger charge is 2.30. The van der Waals surface area contributed by atoms with E-state index in [1.165, 1.54) is 4.31 Å². The van der Waals surface area contributed by atoms with E-state index in [0.717, 1.165) is 12.8 Å². The number of pyridine rings is 1. The van der Waals surface area contributed by atoms with Gasteiger partial charge in [0.15, 0.2) is 0 Å². The first-order valence-corrected chi connectivity index (χ1v) is 10.3. The van der Waals surface area contributed by atoms with Gasteiger partial charge in [-0.2, -0.15) is 22.4 Å². The monoisotopic (exact) mass is 381 g/mol. The highest BCUT2D eigenvalue weighted by atomic mass is 32.2. The molecule has 1 unspecified atom stereocenters. The summed E-state index contributed by atoms with van der Waals surface area (Å²) in [5, 5.41) is 3.96. The Morgan fingerprint density at radius 1 is 1.23 bits per heavy atom. The third-order valence-corrected chi connectivity index (χ3v) is 5.45. The lowest BCUT2D eigenvalue weighted by Gasteiger charge is -2.25. The Kier molecular flexibility index (Phi) is 7.24. The van der Waals surface area contributed by atoms with Crippen LogP contribution in [0.5, 0.6) is 0 Å². The van der Waals surface area contributed by atoms with E-state index in [1.807, 2.05) is 33.8 Å². The van der Waals surface area contributed by atoms with Crippen LogP contribution in [0.3, 0.4) is 0 Å². The molecule has 0 saturated carbocycles. The summed E-state index contributed by atoms with van der Waals surface area (Å²) >= 11 is 0. The van der Waals surface area contributed by atoms with E-state index in [4.69, 9.17) is 4.52 Å². The van der Waals surface area contributed by atoms with E-state index < -0.39 is 16.3 Å². The van der Waals surface area contributed by atoms with Gasteiger partial charge in [-0.25, -0.2) is 0 Å². The maximum absolute atomic E-state index is 12.8. The molecule has 26 heavy (non-hydrogen) atoms. The second kappa shape index (κ2) is 9.20. The van der Waals surface area contributed by atoms with Crippen LogP contribution in [-0.2, 0) is 10.2 Å². The number of nitrogens with one attached hydrogen (secondary N) is 1. The lowest BCUT2D eigenvalue weighted by Crippen LogP contribution is -2.44. The molecule has 9 heteroatoms. The van der Waals surface area contributed by atoms with Crippen LogP contribution >= 0.6 is 0 Å². The Morgan fingerprint density at radius 3 is 2.46 bits per heavy atom. The van der Waals surface area contributed by atoms with Gasteiger partial charge in [0.05, 0.1) is 0 Å². The van der Waals surface area contributed by atoms with Gasteiger partial charge in [0.2, 0.25) is 11.7 Å². The van der Waals surface area contributed by atoms with Crippen molar-refractivity contribution in [2.24, 2.45) is 5.92 Å². The van der Waals surface area contributed by atoms with Crippen molar-refractivity contribution in [1.29, 1.82) is 0 Å². The molecule has 1 atom stereocenters. The van der Waals surface area contributed by atoms with E-state index in [2.05, 4.69) is 19.8 Å². The van der Waals surface area contributed by atoms with Crippen LogP contribution in [0.25, 0.3) is 11.4 Å². The average Bonchev–Trinajstić information content (AvgIpc) is 3.10. The maximum Gasteiger partial charge on any atom is 0.280 e. The summed E-state index contributed by atoms with van der Waals surface area (Å²) < 4.78 is 35.1. The number of aromatic nitrogens is 3. The molecule has 0 aliphatic heterocycles. The van der Waals surface area contributed by atoms with E-state index in [1.54, 1.807) is 18.5 Å². The van der Waals surface area contributed by atoms with Crippen LogP contribution in [0.15, 0.2) is 29.0 Å². The first-order valence-electron chi connectivity index (χ1n) is 8.90. The minimum atomic E-state index is -3.65. The SMILES string of the molecule is CCCN(CCC)S(=O)(=O)NC(c1nc(-c2cccnc2)no1)C(C)C. The second-order valence-corrected chi connectivity index (χ2v) is 8.14. The first-order chi connectivity index (χ1) is 12.4. The van der Waals surface area contributed by atoms with Crippen LogP contribution in [0.1, 0.15) is 52.5 Å². The zero-order valence-electron chi connectivity index (χ0n) is 15.7. The predicted molar refractivity (Wildman–Crippen MR) is 99.3 cm³/mol. The van der Waals surface area contributed by atoms with Crippen molar-refractivity contribution < 1.29 is 12.9 Å².